The van der Waals surface area contributed by atoms with Gasteiger partial charge in [0.05, 0.1) is 0 Å². The lowest BCUT2D eigenvalue weighted by Crippen LogP contribution is -2.55. The van der Waals surface area contributed by atoms with Gasteiger partial charge in [0.1, 0.15) is 0 Å². The zero-order valence-corrected chi connectivity index (χ0v) is 12.4. The Labute approximate surface area is 128 Å². The molecule has 0 spiro atoms. The van der Waals surface area contributed by atoms with E-state index in [0.717, 1.165) is 12.8 Å². The van der Waals surface area contributed by atoms with E-state index in [1.165, 1.54) is 11.1 Å². The van der Waals surface area contributed by atoms with Gasteiger partial charge in [-0.15, -0.1) is 0 Å². The molecule has 22 heavy (non-hydrogen) atoms. The van der Waals surface area contributed by atoms with Crippen LogP contribution < -0.4 is 22.1 Å². The SMILES string of the molecule is Cc1ccccc1C1(CNC(=O)NC(C(N)=O)C(N)=O)CC1. The van der Waals surface area contributed by atoms with Gasteiger partial charge in [0.15, 0.2) is 6.04 Å². The van der Waals surface area contributed by atoms with Gasteiger partial charge >= 0.3 is 6.03 Å². The number of carbonyl (C=O) groups excluding carboxylic acids is 3. The van der Waals surface area contributed by atoms with Crippen molar-refractivity contribution in [2.24, 2.45) is 11.5 Å². The summed E-state index contributed by atoms with van der Waals surface area (Å²) in [5.74, 6) is -1.97. The summed E-state index contributed by atoms with van der Waals surface area (Å²) in [6.45, 7) is 2.46. The Morgan fingerprint density at radius 2 is 1.77 bits per heavy atom. The fourth-order valence-electron chi connectivity index (χ4n) is 2.57. The Morgan fingerprint density at radius 3 is 2.27 bits per heavy atom. The van der Waals surface area contributed by atoms with Crippen molar-refractivity contribution >= 4 is 17.8 Å². The third kappa shape index (κ3) is 3.36. The Hall–Kier alpha value is -2.57. The van der Waals surface area contributed by atoms with Crippen LogP contribution in [0.2, 0.25) is 0 Å². The smallest absolute Gasteiger partial charge is 0.315 e. The van der Waals surface area contributed by atoms with Crippen molar-refractivity contribution in [3.05, 3.63) is 35.4 Å². The quantitative estimate of drug-likeness (QED) is 0.537. The number of amides is 4. The highest BCUT2D eigenvalue weighted by Gasteiger charge is 2.45. The number of nitrogens with one attached hydrogen (secondary N) is 2. The third-order valence-electron chi connectivity index (χ3n) is 4.00. The second kappa shape index (κ2) is 6.05. The summed E-state index contributed by atoms with van der Waals surface area (Å²) in [7, 11) is 0. The lowest BCUT2D eigenvalue weighted by Gasteiger charge is -2.20. The number of carbonyl (C=O) groups is 3. The van der Waals surface area contributed by atoms with Crippen molar-refractivity contribution in [3.8, 4) is 0 Å². The van der Waals surface area contributed by atoms with Crippen molar-refractivity contribution in [3.63, 3.8) is 0 Å². The van der Waals surface area contributed by atoms with Crippen LogP contribution in [-0.4, -0.2) is 30.4 Å². The van der Waals surface area contributed by atoms with Crippen molar-refractivity contribution in [2.75, 3.05) is 6.54 Å². The maximum Gasteiger partial charge on any atom is 0.315 e. The molecule has 0 aromatic heterocycles. The molecular weight excluding hydrogens is 284 g/mol. The van der Waals surface area contributed by atoms with E-state index >= 15 is 0 Å². The number of aryl methyl sites for hydroxylation is 1. The predicted octanol–water partition coefficient (Wildman–Crippen LogP) is -0.335. The average molecular weight is 304 g/mol. The molecule has 1 aromatic carbocycles. The van der Waals surface area contributed by atoms with Gasteiger partial charge < -0.3 is 22.1 Å². The molecule has 2 rings (SSSR count). The molecule has 1 aromatic rings. The molecule has 0 unspecified atom stereocenters. The van der Waals surface area contributed by atoms with Gasteiger partial charge in [-0.3, -0.25) is 9.59 Å². The topological polar surface area (TPSA) is 127 Å². The standard InChI is InChI=1S/C15H20N4O3/c1-9-4-2-3-5-10(9)15(6-7-15)8-18-14(22)19-11(12(16)20)13(17)21/h2-5,11H,6-8H2,1H3,(H2,16,20)(H2,17,21)(H2,18,19,22). The van der Waals surface area contributed by atoms with Crippen LogP contribution in [0.25, 0.3) is 0 Å². The van der Waals surface area contributed by atoms with Crippen LogP contribution in [0.3, 0.4) is 0 Å². The van der Waals surface area contributed by atoms with Crippen LogP contribution in [0.5, 0.6) is 0 Å². The molecule has 1 saturated carbocycles. The van der Waals surface area contributed by atoms with E-state index in [-0.39, 0.29) is 5.41 Å². The number of urea groups is 1. The van der Waals surface area contributed by atoms with Gasteiger partial charge in [0.25, 0.3) is 0 Å². The summed E-state index contributed by atoms with van der Waals surface area (Å²) < 4.78 is 0. The molecule has 0 atom stereocenters. The average Bonchev–Trinajstić information content (AvgIpc) is 3.23. The normalized spacial score (nSPS) is 15.2. The minimum atomic E-state index is -1.51. The molecule has 4 amide bonds. The van der Waals surface area contributed by atoms with Crippen LogP contribution in [0.1, 0.15) is 24.0 Å². The van der Waals surface area contributed by atoms with Crippen molar-refractivity contribution in [1.29, 1.82) is 0 Å². The zero-order chi connectivity index (χ0) is 16.3. The Kier molecular flexibility index (Phi) is 4.35. The van der Waals surface area contributed by atoms with Gasteiger partial charge in [-0.2, -0.15) is 0 Å². The summed E-state index contributed by atoms with van der Waals surface area (Å²) >= 11 is 0. The number of benzene rings is 1. The van der Waals surface area contributed by atoms with Gasteiger partial charge in [-0.25, -0.2) is 4.79 Å². The fraction of sp³-hybridized carbons (Fsp3) is 0.400. The molecular formula is C15H20N4O3. The first-order chi connectivity index (χ1) is 10.4. The summed E-state index contributed by atoms with van der Waals surface area (Å²) in [4.78, 5) is 33.9. The summed E-state index contributed by atoms with van der Waals surface area (Å²) in [5, 5.41) is 4.87. The minimum absolute atomic E-state index is 0.0718. The van der Waals surface area contributed by atoms with E-state index in [9.17, 15) is 14.4 Å². The second-order valence-electron chi connectivity index (χ2n) is 5.66. The Balaban J connectivity index is 1.96. The molecule has 0 aliphatic heterocycles. The van der Waals surface area contributed by atoms with E-state index < -0.39 is 23.9 Å². The van der Waals surface area contributed by atoms with Crippen LogP contribution in [0, 0.1) is 6.92 Å². The summed E-state index contributed by atoms with van der Waals surface area (Å²) in [6.07, 6.45) is 1.96. The van der Waals surface area contributed by atoms with Crippen LogP contribution in [-0.2, 0) is 15.0 Å². The first kappa shape index (κ1) is 15.8. The van der Waals surface area contributed by atoms with E-state index in [2.05, 4.69) is 16.7 Å². The van der Waals surface area contributed by atoms with E-state index in [4.69, 9.17) is 11.5 Å². The predicted molar refractivity (Wildman–Crippen MR) is 80.8 cm³/mol. The molecule has 0 bridgehead atoms. The highest BCUT2D eigenvalue weighted by atomic mass is 16.2. The van der Waals surface area contributed by atoms with Gasteiger partial charge in [0.2, 0.25) is 11.8 Å². The highest BCUT2D eigenvalue weighted by Crippen LogP contribution is 2.48. The minimum Gasteiger partial charge on any atom is -0.367 e. The van der Waals surface area contributed by atoms with E-state index in [0.29, 0.717) is 6.54 Å². The first-order valence-corrected chi connectivity index (χ1v) is 7.05. The lowest BCUT2D eigenvalue weighted by molar-refractivity contribution is -0.128. The van der Waals surface area contributed by atoms with Crippen LogP contribution in [0.4, 0.5) is 4.79 Å². The second-order valence-corrected chi connectivity index (χ2v) is 5.66. The number of primary amides is 2. The third-order valence-corrected chi connectivity index (χ3v) is 4.00. The van der Waals surface area contributed by atoms with Gasteiger partial charge in [-0.05, 0) is 30.9 Å². The van der Waals surface area contributed by atoms with E-state index in [1.807, 2.05) is 25.1 Å². The number of nitrogens with two attached hydrogens (primary N) is 2. The molecule has 0 heterocycles. The van der Waals surface area contributed by atoms with Gasteiger partial charge in [-0.1, -0.05) is 24.3 Å². The molecule has 7 heteroatoms. The molecule has 1 fully saturated rings. The molecule has 1 aliphatic carbocycles. The first-order valence-electron chi connectivity index (χ1n) is 7.05. The van der Waals surface area contributed by atoms with Gasteiger partial charge in [0, 0.05) is 12.0 Å². The zero-order valence-electron chi connectivity index (χ0n) is 12.4. The number of hydrogen-bond donors (Lipinski definition) is 4. The number of rotatable bonds is 6. The molecule has 118 valence electrons. The maximum atomic E-state index is 11.8. The van der Waals surface area contributed by atoms with Crippen LogP contribution >= 0.6 is 0 Å². The summed E-state index contributed by atoms with van der Waals surface area (Å²) in [6, 6.07) is 5.89. The maximum absolute atomic E-state index is 11.8. The van der Waals surface area contributed by atoms with E-state index in [1.54, 1.807) is 0 Å². The summed E-state index contributed by atoms with van der Waals surface area (Å²) in [5.41, 5.74) is 12.3. The molecule has 7 nitrogen and oxygen atoms in total. The lowest BCUT2D eigenvalue weighted by atomic mass is 9.92. The molecule has 0 saturated heterocycles. The Morgan fingerprint density at radius 1 is 1.18 bits per heavy atom. The number of hydrogen-bond acceptors (Lipinski definition) is 3. The monoisotopic (exact) mass is 304 g/mol. The van der Waals surface area contributed by atoms with Crippen molar-refractivity contribution < 1.29 is 14.4 Å². The Bertz CT molecular complexity index is 597. The largest absolute Gasteiger partial charge is 0.367 e. The highest BCUT2D eigenvalue weighted by molar-refractivity contribution is 6.05. The fourth-order valence-corrected chi connectivity index (χ4v) is 2.57. The molecule has 0 radical (unpaired) electrons. The van der Waals surface area contributed by atoms with Crippen molar-refractivity contribution in [2.45, 2.75) is 31.2 Å². The molecule has 1 aliphatic rings. The van der Waals surface area contributed by atoms with Crippen LogP contribution in [0.15, 0.2) is 24.3 Å². The van der Waals surface area contributed by atoms with Crippen molar-refractivity contribution in [1.82, 2.24) is 10.6 Å². The molecule has 6 N–H and O–H groups in total.